The van der Waals surface area contributed by atoms with Crippen LogP contribution in [0.2, 0.25) is 0 Å². The Kier molecular flexibility index (Phi) is 12.4. The van der Waals surface area contributed by atoms with E-state index in [0.717, 1.165) is 91.4 Å². The molecule has 7 rings (SSSR count). The Bertz CT molecular complexity index is 1820. The molecule has 8 nitrogen and oxygen atoms in total. The number of hydrogen-bond acceptors (Lipinski definition) is 9. The van der Waals surface area contributed by atoms with E-state index in [1.165, 1.54) is 10.8 Å². The Labute approximate surface area is 325 Å². The van der Waals surface area contributed by atoms with Gasteiger partial charge in [-0.15, -0.1) is 18.3 Å². The van der Waals surface area contributed by atoms with Crippen molar-refractivity contribution >= 4 is 28.2 Å². The van der Waals surface area contributed by atoms with Gasteiger partial charge >= 0.3 is 0 Å². The number of unbranched alkanes of at least 4 members (excludes halogenated alkanes) is 2. The van der Waals surface area contributed by atoms with Crippen molar-refractivity contribution in [1.82, 2.24) is 4.90 Å². The monoisotopic (exact) mass is 754 g/mol. The van der Waals surface area contributed by atoms with Crippen LogP contribution in [0.25, 0.3) is 10.8 Å². The van der Waals surface area contributed by atoms with E-state index in [2.05, 4.69) is 72.2 Å². The predicted octanol–water partition coefficient (Wildman–Crippen LogP) is 8.76. The maximum Gasteiger partial charge on any atom is 0.231 e. The van der Waals surface area contributed by atoms with E-state index in [4.69, 9.17) is 24.2 Å². The van der Waals surface area contributed by atoms with E-state index in [1.807, 2.05) is 32.9 Å². The van der Waals surface area contributed by atoms with E-state index < -0.39 is 11.4 Å². The average Bonchev–Trinajstić information content (AvgIpc) is 3.99. The number of thioether (sulfide) groups is 1. The molecule has 290 valence electrons. The lowest BCUT2D eigenvalue weighted by atomic mass is 9.56. The molecule has 1 saturated carbocycles. The Hall–Kier alpha value is -3.34. The number of aliphatic hydroxyl groups is 2. The van der Waals surface area contributed by atoms with E-state index in [1.54, 1.807) is 11.8 Å². The van der Waals surface area contributed by atoms with Crippen LogP contribution in [-0.2, 0) is 9.57 Å². The van der Waals surface area contributed by atoms with Gasteiger partial charge in [0.25, 0.3) is 0 Å². The van der Waals surface area contributed by atoms with Gasteiger partial charge in [-0.3, -0.25) is 4.90 Å². The Morgan fingerprint density at radius 3 is 2.50 bits per heavy atom. The van der Waals surface area contributed by atoms with Gasteiger partial charge in [0.05, 0.1) is 23.5 Å². The lowest BCUT2D eigenvalue weighted by Gasteiger charge is -2.58. The minimum absolute atomic E-state index is 0.0203. The summed E-state index contributed by atoms with van der Waals surface area (Å²) in [6, 6.07) is 21.5. The summed E-state index contributed by atoms with van der Waals surface area (Å²) in [7, 11) is 0. The maximum atomic E-state index is 9.92. The fourth-order valence-electron chi connectivity index (χ4n) is 8.70. The van der Waals surface area contributed by atoms with Gasteiger partial charge < -0.3 is 29.3 Å². The van der Waals surface area contributed by atoms with Crippen molar-refractivity contribution in [3.63, 3.8) is 0 Å². The third kappa shape index (κ3) is 8.71. The highest BCUT2D eigenvalue weighted by Crippen LogP contribution is 2.63. The zero-order valence-electron chi connectivity index (χ0n) is 32.3. The van der Waals surface area contributed by atoms with Gasteiger partial charge in [-0.05, 0) is 105 Å². The molecule has 0 bridgehead atoms. The van der Waals surface area contributed by atoms with Gasteiger partial charge in [0, 0.05) is 55.6 Å². The van der Waals surface area contributed by atoms with Crippen LogP contribution in [0, 0.1) is 17.8 Å². The van der Waals surface area contributed by atoms with E-state index in [9.17, 15) is 10.2 Å². The second-order valence-electron chi connectivity index (χ2n) is 16.3. The van der Waals surface area contributed by atoms with Crippen molar-refractivity contribution in [3.05, 3.63) is 90.5 Å². The number of fused-ring (bicyclic) bond motifs is 3. The molecule has 2 fully saturated rings. The van der Waals surface area contributed by atoms with Crippen LogP contribution >= 0.6 is 11.8 Å². The third-order valence-electron chi connectivity index (χ3n) is 11.3. The molecule has 2 aliphatic carbocycles. The molecule has 2 aliphatic heterocycles. The number of benzene rings is 3. The van der Waals surface area contributed by atoms with Crippen molar-refractivity contribution in [2.75, 3.05) is 46.1 Å². The quantitative estimate of drug-likeness (QED) is 0.0577. The van der Waals surface area contributed by atoms with Gasteiger partial charge in [-0.25, -0.2) is 0 Å². The summed E-state index contributed by atoms with van der Waals surface area (Å²) in [5.41, 5.74) is 2.74. The molecule has 9 heteroatoms. The maximum absolute atomic E-state index is 9.92. The molecule has 6 atom stereocenters. The third-order valence-corrected chi connectivity index (χ3v) is 12.6. The summed E-state index contributed by atoms with van der Waals surface area (Å²) >= 11 is 1.79. The zero-order valence-corrected chi connectivity index (χ0v) is 33.1. The predicted molar refractivity (Wildman–Crippen MR) is 218 cm³/mol. The minimum Gasteiger partial charge on any atom is -0.492 e. The highest BCUT2D eigenvalue weighted by atomic mass is 32.2. The van der Waals surface area contributed by atoms with Crippen LogP contribution in [0.4, 0.5) is 0 Å². The molecule has 3 aromatic rings. The molecular weight excluding hydrogens is 697 g/mol. The second kappa shape index (κ2) is 17.2. The molecule has 1 saturated heterocycles. The SMILES string of the molecule is C=CCOC12Oc3ccc(OCCN4CC4)cc3C3C(CCCCO)C(CCCCO)C=C(C(=NOC(C)(C)C)CC1Sc1ccc4ccccc4c1)C32. The molecule has 0 radical (unpaired) electrons. The molecule has 0 aromatic heterocycles. The van der Waals surface area contributed by atoms with Gasteiger partial charge in [0.15, 0.2) is 0 Å². The highest BCUT2D eigenvalue weighted by molar-refractivity contribution is 8.00. The van der Waals surface area contributed by atoms with Crippen molar-refractivity contribution in [2.45, 2.75) is 93.2 Å². The Morgan fingerprint density at radius 1 is 0.981 bits per heavy atom. The van der Waals surface area contributed by atoms with Crippen LogP contribution < -0.4 is 9.47 Å². The largest absolute Gasteiger partial charge is 0.492 e. The van der Waals surface area contributed by atoms with Gasteiger partial charge in [0.1, 0.15) is 23.7 Å². The van der Waals surface area contributed by atoms with Gasteiger partial charge in [-0.2, -0.15) is 0 Å². The van der Waals surface area contributed by atoms with Crippen LogP contribution in [0.3, 0.4) is 0 Å². The van der Waals surface area contributed by atoms with E-state index in [0.29, 0.717) is 19.6 Å². The fraction of sp³-hybridized carbons (Fsp3) is 0.533. The first kappa shape index (κ1) is 38.9. The van der Waals surface area contributed by atoms with Crippen molar-refractivity contribution in [2.24, 2.45) is 22.9 Å². The fourth-order valence-corrected chi connectivity index (χ4v) is 10.0. The average molecular weight is 755 g/mol. The lowest BCUT2D eigenvalue weighted by molar-refractivity contribution is -0.223. The number of allylic oxidation sites excluding steroid dienone is 1. The number of hydrogen-bond donors (Lipinski definition) is 2. The van der Waals surface area contributed by atoms with E-state index in [-0.39, 0.29) is 42.1 Å². The standard InChI is InChI=1S/C45H58N2O6S/c1-5-25-51-45-41(54-35-18-16-31-12-6-7-13-32(31)27-35)30-39(46-53-44(2,3)4)37-28-33(14-8-10-23-48)36(15-9-11-24-49)42(43(37)45)38-29-34(17-19-40(38)52-45)50-26-22-47-20-21-47/h5-7,12-13,16-19,27-29,33,36,41-43,48-49H,1,8-11,14-15,20-26,30H2,2-4H3. The first-order valence-electron chi connectivity index (χ1n) is 20.0. The molecule has 54 heavy (non-hydrogen) atoms. The topological polar surface area (TPSA) is 92.8 Å². The van der Waals surface area contributed by atoms with Crippen molar-refractivity contribution < 1.29 is 29.3 Å². The Balaban J connectivity index is 1.39. The van der Waals surface area contributed by atoms with Crippen molar-refractivity contribution in [1.29, 1.82) is 0 Å². The van der Waals surface area contributed by atoms with Crippen LogP contribution in [0.5, 0.6) is 11.5 Å². The van der Waals surface area contributed by atoms with Crippen LogP contribution in [-0.4, -0.2) is 83.5 Å². The zero-order chi connectivity index (χ0) is 37.7. The molecule has 4 aliphatic rings. The number of nitrogens with zero attached hydrogens (tertiary/aromatic N) is 2. The number of ether oxygens (including phenoxy) is 3. The second-order valence-corrected chi connectivity index (χ2v) is 17.5. The highest BCUT2D eigenvalue weighted by Gasteiger charge is 2.64. The first-order valence-corrected chi connectivity index (χ1v) is 20.9. The molecule has 0 amide bonds. The summed E-state index contributed by atoms with van der Waals surface area (Å²) in [6.45, 7) is 14.7. The number of aliphatic hydroxyl groups excluding tert-OH is 2. The normalized spacial score (nSPS) is 26.8. The summed E-state index contributed by atoms with van der Waals surface area (Å²) in [5, 5.41) is 26.9. The first-order chi connectivity index (χ1) is 26.2. The van der Waals surface area contributed by atoms with Crippen LogP contribution in [0.15, 0.2) is 95.0 Å². The molecule has 0 spiro atoms. The summed E-state index contributed by atoms with van der Waals surface area (Å²) < 4.78 is 20.9. The molecule has 6 unspecified atom stereocenters. The molecular formula is C45H58N2O6S. The summed E-state index contributed by atoms with van der Waals surface area (Å²) in [6.07, 6.45) is 10.1. The van der Waals surface area contributed by atoms with Crippen LogP contribution in [0.1, 0.15) is 77.2 Å². The molecule has 3 aromatic carbocycles. The summed E-state index contributed by atoms with van der Waals surface area (Å²) in [5.74, 6) is 0.931. The Morgan fingerprint density at radius 2 is 1.76 bits per heavy atom. The minimum atomic E-state index is -1.04. The van der Waals surface area contributed by atoms with Gasteiger partial charge in [0.2, 0.25) is 5.79 Å². The smallest absolute Gasteiger partial charge is 0.231 e. The molecule has 2 N–H and O–H groups in total. The van der Waals surface area contributed by atoms with E-state index >= 15 is 0 Å². The summed E-state index contributed by atoms with van der Waals surface area (Å²) in [4.78, 5) is 9.77. The van der Waals surface area contributed by atoms with Crippen molar-refractivity contribution in [3.8, 4) is 11.5 Å². The lowest BCUT2D eigenvalue weighted by Crippen LogP contribution is -2.64. The van der Waals surface area contributed by atoms with Gasteiger partial charge in [-0.1, -0.05) is 60.5 Å². The molecule has 2 heterocycles. The number of oxime groups is 1. The number of rotatable bonds is 18.